The second kappa shape index (κ2) is 3.88. The molecule has 1 heterocycles. The Kier molecular flexibility index (Phi) is 2.59. The third-order valence-electron chi connectivity index (χ3n) is 2.73. The Balaban J connectivity index is 2.35. The Morgan fingerprint density at radius 3 is 3.00 bits per heavy atom. The fourth-order valence-electron chi connectivity index (χ4n) is 2.01. The maximum Gasteiger partial charge on any atom is 0.163 e. The van der Waals surface area contributed by atoms with Crippen molar-refractivity contribution in [1.29, 1.82) is 0 Å². The summed E-state index contributed by atoms with van der Waals surface area (Å²) in [5, 5.41) is 12.9. The molecule has 1 saturated heterocycles. The van der Waals surface area contributed by atoms with Crippen LogP contribution in [0.25, 0.3) is 0 Å². The highest BCUT2D eigenvalue weighted by Gasteiger charge is 2.21. The number of phenols is 1. The van der Waals surface area contributed by atoms with Gasteiger partial charge in [0.15, 0.2) is 11.5 Å². The molecule has 0 spiro atoms. The van der Waals surface area contributed by atoms with E-state index in [2.05, 4.69) is 5.32 Å². The van der Waals surface area contributed by atoms with Crippen molar-refractivity contribution in [2.75, 3.05) is 20.2 Å². The first-order valence-electron chi connectivity index (χ1n) is 4.89. The Labute approximate surface area is 83.7 Å². The standard InChI is InChI=1S/C11H15NO2/c1-14-11-9(3-2-4-10(11)13)8-5-6-12-7-8/h2-4,8,12-13H,5-7H2,1H3/t8-/m0/s1. The van der Waals surface area contributed by atoms with E-state index in [-0.39, 0.29) is 5.75 Å². The number of nitrogens with one attached hydrogen (secondary N) is 1. The summed E-state index contributed by atoms with van der Waals surface area (Å²) in [5.74, 6) is 1.33. The predicted octanol–water partition coefficient (Wildman–Crippen LogP) is 1.48. The van der Waals surface area contributed by atoms with E-state index in [1.807, 2.05) is 12.1 Å². The first-order chi connectivity index (χ1) is 6.83. The molecular weight excluding hydrogens is 178 g/mol. The van der Waals surface area contributed by atoms with Gasteiger partial charge in [0.25, 0.3) is 0 Å². The third-order valence-corrected chi connectivity index (χ3v) is 2.73. The van der Waals surface area contributed by atoms with Gasteiger partial charge in [-0.15, -0.1) is 0 Å². The maximum absolute atomic E-state index is 9.61. The van der Waals surface area contributed by atoms with E-state index in [0.29, 0.717) is 11.7 Å². The lowest BCUT2D eigenvalue weighted by molar-refractivity contribution is 0.367. The van der Waals surface area contributed by atoms with E-state index in [9.17, 15) is 5.11 Å². The highest BCUT2D eigenvalue weighted by Crippen LogP contribution is 2.36. The molecule has 0 amide bonds. The molecule has 3 heteroatoms. The van der Waals surface area contributed by atoms with Crippen LogP contribution < -0.4 is 10.1 Å². The normalized spacial score (nSPS) is 21.1. The fourth-order valence-corrected chi connectivity index (χ4v) is 2.01. The fraction of sp³-hybridized carbons (Fsp3) is 0.455. The molecule has 3 nitrogen and oxygen atoms in total. The summed E-state index contributed by atoms with van der Waals surface area (Å²) in [6.45, 7) is 2.02. The van der Waals surface area contributed by atoms with Crippen molar-refractivity contribution < 1.29 is 9.84 Å². The summed E-state index contributed by atoms with van der Waals surface area (Å²) in [7, 11) is 1.60. The summed E-state index contributed by atoms with van der Waals surface area (Å²) >= 11 is 0. The van der Waals surface area contributed by atoms with Crippen molar-refractivity contribution >= 4 is 0 Å². The zero-order valence-electron chi connectivity index (χ0n) is 8.29. The predicted molar refractivity (Wildman–Crippen MR) is 54.9 cm³/mol. The topological polar surface area (TPSA) is 41.5 Å². The molecule has 14 heavy (non-hydrogen) atoms. The lowest BCUT2D eigenvalue weighted by Gasteiger charge is -2.14. The summed E-state index contributed by atoms with van der Waals surface area (Å²) in [5.41, 5.74) is 1.11. The zero-order valence-corrected chi connectivity index (χ0v) is 8.29. The average molecular weight is 193 g/mol. The van der Waals surface area contributed by atoms with Crippen molar-refractivity contribution in [3.63, 3.8) is 0 Å². The van der Waals surface area contributed by atoms with Crippen LogP contribution in [0.3, 0.4) is 0 Å². The number of hydrogen-bond donors (Lipinski definition) is 2. The molecule has 76 valence electrons. The third kappa shape index (κ3) is 1.55. The van der Waals surface area contributed by atoms with E-state index >= 15 is 0 Å². The maximum atomic E-state index is 9.61. The minimum atomic E-state index is 0.233. The second-order valence-electron chi connectivity index (χ2n) is 3.59. The molecule has 0 saturated carbocycles. The Hall–Kier alpha value is -1.22. The zero-order chi connectivity index (χ0) is 9.97. The monoisotopic (exact) mass is 193 g/mol. The molecule has 0 aliphatic carbocycles. The van der Waals surface area contributed by atoms with Gasteiger partial charge in [0, 0.05) is 18.0 Å². The van der Waals surface area contributed by atoms with Crippen LogP contribution in [0.2, 0.25) is 0 Å². The minimum Gasteiger partial charge on any atom is -0.504 e. The molecule has 1 aromatic rings. The SMILES string of the molecule is COc1c(O)cccc1[C@H]1CCNC1. The average Bonchev–Trinajstić information content (AvgIpc) is 2.70. The van der Waals surface area contributed by atoms with E-state index in [4.69, 9.17) is 4.74 Å². The van der Waals surface area contributed by atoms with Gasteiger partial charge in [-0.3, -0.25) is 0 Å². The van der Waals surface area contributed by atoms with Gasteiger partial charge in [-0.05, 0) is 19.0 Å². The molecular formula is C11H15NO2. The van der Waals surface area contributed by atoms with Gasteiger partial charge >= 0.3 is 0 Å². The van der Waals surface area contributed by atoms with E-state index < -0.39 is 0 Å². The Bertz CT molecular complexity index is 319. The largest absolute Gasteiger partial charge is 0.504 e. The number of aromatic hydroxyl groups is 1. The smallest absolute Gasteiger partial charge is 0.163 e. The van der Waals surface area contributed by atoms with Crippen LogP contribution in [0.5, 0.6) is 11.5 Å². The van der Waals surface area contributed by atoms with E-state index in [1.165, 1.54) is 0 Å². The molecule has 0 unspecified atom stereocenters. The summed E-state index contributed by atoms with van der Waals surface area (Å²) in [6.07, 6.45) is 1.11. The molecule has 1 atom stereocenters. The summed E-state index contributed by atoms with van der Waals surface area (Å²) in [4.78, 5) is 0. The van der Waals surface area contributed by atoms with Gasteiger partial charge in [0.1, 0.15) is 0 Å². The Morgan fingerprint density at radius 1 is 1.50 bits per heavy atom. The van der Waals surface area contributed by atoms with Crippen molar-refractivity contribution in [3.8, 4) is 11.5 Å². The van der Waals surface area contributed by atoms with Crippen LogP contribution in [0, 0.1) is 0 Å². The number of methoxy groups -OCH3 is 1. The van der Waals surface area contributed by atoms with Crippen molar-refractivity contribution in [1.82, 2.24) is 5.32 Å². The lowest BCUT2D eigenvalue weighted by atomic mass is 9.97. The van der Waals surface area contributed by atoms with Crippen LogP contribution in [0.4, 0.5) is 0 Å². The van der Waals surface area contributed by atoms with Gasteiger partial charge in [0.05, 0.1) is 7.11 Å². The van der Waals surface area contributed by atoms with Crippen molar-refractivity contribution in [3.05, 3.63) is 23.8 Å². The van der Waals surface area contributed by atoms with Gasteiger partial charge in [-0.1, -0.05) is 12.1 Å². The van der Waals surface area contributed by atoms with Gasteiger partial charge < -0.3 is 15.2 Å². The Morgan fingerprint density at radius 2 is 2.36 bits per heavy atom. The lowest BCUT2D eigenvalue weighted by Crippen LogP contribution is -2.08. The van der Waals surface area contributed by atoms with Crippen molar-refractivity contribution in [2.24, 2.45) is 0 Å². The van der Waals surface area contributed by atoms with Gasteiger partial charge in [-0.25, -0.2) is 0 Å². The number of ether oxygens (including phenoxy) is 1. The molecule has 1 aromatic carbocycles. The van der Waals surface area contributed by atoms with Crippen LogP contribution in [-0.4, -0.2) is 25.3 Å². The van der Waals surface area contributed by atoms with Crippen LogP contribution >= 0.6 is 0 Å². The number of para-hydroxylation sites is 1. The van der Waals surface area contributed by atoms with E-state index in [0.717, 1.165) is 25.1 Å². The molecule has 0 bridgehead atoms. The highest BCUT2D eigenvalue weighted by molar-refractivity contribution is 5.47. The first kappa shape index (κ1) is 9.34. The molecule has 2 N–H and O–H groups in total. The quantitative estimate of drug-likeness (QED) is 0.747. The van der Waals surface area contributed by atoms with Crippen LogP contribution in [-0.2, 0) is 0 Å². The second-order valence-corrected chi connectivity index (χ2v) is 3.59. The van der Waals surface area contributed by atoms with E-state index in [1.54, 1.807) is 13.2 Å². The molecule has 1 aliphatic heterocycles. The minimum absolute atomic E-state index is 0.233. The van der Waals surface area contributed by atoms with Crippen molar-refractivity contribution in [2.45, 2.75) is 12.3 Å². The van der Waals surface area contributed by atoms with Crippen LogP contribution in [0.15, 0.2) is 18.2 Å². The van der Waals surface area contributed by atoms with Crippen LogP contribution in [0.1, 0.15) is 17.9 Å². The molecule has 0 radical (unpaired) electrons. The summed E-state index contributed by atoms with van der Waals surface area (Å²) < 4.78 is 5.21. The molecule has 0 aromatic heterocycles. The number of benzene rings is 1. The number of hydrogen-bond acceptors (Lipinski definition) is 3. The molecule has 1 aliphatic rings. The number of rotatable bonds is 2. The summed E-state index contributed by atoms with van der Waals surface area (Å²) in [6, 6.07) is 5.55. The number of phenolic OH excluding ortho intramolecular Hbond substituents is 1. The first-order valence-corrected chi connectivity index (χ1v) is 4.89. The molecule has 1 fully saturated rings. The highest BCUT2D eigenvalue weighted by atomic mass is 16.5. The van der Waals surface area contributed by atoms with Gasteiger partial charge in [-0.2, -0.15) is 0 Å². The van der Waals surface area contributed by atoms with Gasteiger partial charge in [0.2, 0.25) is 0 Å². The molecule has 2 rings (SSSR count).